The number of carbonyl (C=O) groups is 1. The summed E-state index contributed by atoms with van der Waals surface area (Å²) in [5.74, 6) is -0.209. The monoisotopic (exact) mass is 376 g/mol. The number of nitrogens with one attached hydrogen (secondary N) is 2. The van der Waals surface area contributed by atoms with Crippen LogP contribution in [-0.2, 0) is 19.6 Å². The van der Waals surface area contributed by atoms with Gasteiger partial charge in [0, 0.05) is 26.3 Å². The third-order valence-electron chi connectivity index (χ3n) is 4.06. The van der Waals surface area contributed by atoms with Gasteiger partial charge in [-0.25, -0.2) is 13.1 Å². The summed E-state index contributed by atoms with van der Waals surface area (Å²) in [4.78, 5) is 11.3. The number of hydrogen-bond acceptors (Lipinski definition) is 4. The summed E-state index contributed by atoms with van der Waals surface area (Å²) >= 11 is 0. The number of hydrogen-bond donors (Lipinski definition) is 2. The fraction of sp³-hybridized carbons (Fsp3) is 0.316. The molecule has 0 radical (unpaired) electrons. The molecule has 0 aromatic heterocycles. The molecule has 0 heterocycles. The van der Waals surface area contributed by atoms with E-state index in [-0.39, 0.29) is 23.5 Å². The highest BCUT2D eigenvalue weighted by Crippen LogP contribution is 2.22. The molecule has 1 atom stereocenters. The zero-order valence-electron chi connectivity index (χ0n) is 15.4. The van der Waals surface area contributed by atoms with Gasteiger partial charge in [-0.2, -0.15) is 0 Å². The van der Waals surface area contributed by atoms with E-state index in [9.17, 15) is 13.2 Å². The van der Waals surface area contributed by atoms with Gasteiger partial charge in [0.2, 0.25) is 15.9 Å². The van der Waals surface area contributed by atoms with E-state index in [1.807, 2.05) is 31.2 Å². The minimum Gasteiger partial charge on any atom is -0.375 e. The second kappa shape index (κ2) is 8.44. The van der Waals surface area contributed by atoms with Gasteiger partial charge >= 0.3 is 0 Å². The fourth-order valence-electron chi connectivity index (χ4n) is 2.76. The van der Waals surface area contributed by atoms with Gasteiger partial charge in [-0.3, -0.25) is 4.79 Å². The van der Waals surface area contributed by atoms with E-state index in [0.29, 0.717) is 11.3 Å². The number of anilines is 1. The molecule has 0 fully saturated rings. The van der Waals surface area contributed by atoms with E-state index in [0.717, 1.165) is 11.1 Å². The zero-order valence-corrected chi connectivity index (χ0v) is 16.2. The molecule has 2 aromatic rings. The minimum absolute atomic E-state index is 0.122. The van der Waals surface area contributed by atoms with E-state index in [1.54, 1.807) is 26.2 Å². The third kappa shape index (κ3) is 4.91. The molecule has 0 aliphatic carbocycles. The van der Waals surface area contributed by atoms with Gasteiger partial charge in [-0.1, -0.05) is 24.3 Å². The Kier molecular flexibility index (Phi) is 6.52. The number of methoxy groups -OCH3 is 1. The molecule has 0 aliphatic rings. The Labute approximate surface area is 154 Å². The fourth-order valence-corrected chi connectivity index (χ4v) is 4.02. The van der Waals surface area contributed by atoms with Crippen molar-refractivity contribution < 1.29 is 17.9 Å². The van der Waals surface area contributed by atoms with Crippen LogP contribution in [0.3, 0.4) is 0 Å². The van der Waals surface area contributed by atoms with Crippen molar-refractivity contribution in [2.75, 3.05) is 19.0 Å². The maximum absolute atomic E-state index is 12.7. The smallest absolute Gasteiger partial charge is 0.240 e. The largest absolute Gasteiger partial charge is 0.375 e. The van der Waals surface area contributed by atoms with E-state index < -0.39 is 10.0 Å². The number of sulfonamides is 1. The first-order chi connectivity index (χ1) is 12.2. The third-order valence-corrected chi connectivity index (χ3v) is 5.65. The van der Waals surface area contributed by atoms with Gasteiger partial charge in [0.1, 0.15) is 0 Å². The normalized spacial score (nSPS) is 12.6. The molecule has 2 N–H and O–H groups in total. The standard InChI is InChI=1S/C19H24N2O4S/c1-13-7-5-6-8-17(13)18(25-4)12-20-26(23,24)19-10-9-16(11-14(19)2)21-15(3)22/h5-11,18,20H,12H2,1-4H3,(H,21,22)/t18-/m1/s1. The van der Waals surface area contributed by atoms with Crippen LogP contribution < -0.4 is 10.0 Å². The molecule has 0 saturated carbocycles. The second-order valence-corrected chi connectivity index (χ2v) is 7.83. The van der Waals surface area contributed by atoms with Crippen LogP contribution in [0.25, 0.3) is 0 Å². The van der Waals surface area contributed by atoms with Crippen LogP contribution in [0.2, 0.25) is 0 Å². The first-order valence-electron chi connectivity index (χ1n) is 8.21. The van der Waals surface area contributed by atoms with Crippen molar-refractivity contribution in [1.82, 2.24) is 4.72 Å². The number of ether oxygens (including phenoxy) is 1. The van der Waals surface area contributed by atoms with Crippen LogP contribution >= 0.6 is 0 Å². The number of rotatable bonds is 7. The highest BCUT2D eigenvalue weighted by atomic mass is 32.2. The first kappa shape index (κ1) is 20.1. The molecule has 0 saturated heterocycles. The molecule has 0 bridgehead atoms. The summed E-state index contributed by atoms with van der Waals surface area (Å²) in [6.45, 7) is 5.17. The van der Waals surface area contributed by atoms with E-state index in [1.165, 1.54) is 13.0 Å². The van der Waals surface area contributed by atoms with E-state index in [4.69, 9.17) is 4.74 Å². The molecule has 0 unspecified atom stereocenters. The van der Waals surface area contributed by atoms with Crippen molar-refractivity contribution in [3.05, 3.63) is 59.2 Å². The summed E-state index contributed by atoms with van der Waals surface area (Å²) in [7, 11) is -2.15. The Morgan fingerprint density at radius 2 is 1.81 bits per heavy atom. The van der Waals surface area contributed by atoms with Crippen molar-refractivity contribution in [2.24, 2.45) is 0 Å². The van der Waals surface area contributed by atoms with E-state index in [2.05, 4.69) is 10.0 Å². The average molecular weight is 376 g/mol. The van der Waals surface area contributed by atoms with E-state index >= 15 is 0 Å². The Morgan fingerprint density at radius 3 is 2.38 bits per heavy atom. The topological polar surface area (TPSA) is 84.5 Å². The van der Waals surface area contributed by atoms with Crippen molar-refractivity contribution in [3.63, 3.8) is 0 Å². The molecule has 0 spiro atoms. The van der Waals surface area contributed by atoms with Gasteiger partial charge in [-0.05, 0) is 48.7 Å². The molecule has 1 amide bonds. The number of benzene rings is 2. The van der Waals surface area contributed by atoms with Crippen molar-refractivity contribution in [2.45, 2.75) is 31.8 Å². The van der Waals surface area contributed by atoms with Crippen molar-refractivity contribution in [3.8, 4) is 0 Å². The maximum Gasteiger partial charge on any atom is 0.240 e. The predicted octanol–water partition coefficient (Wildman–Crippen LogP) is 2.93. The molecule has 7 heteroatoms. The predicted molar refractivity (Wildman–Crippen MR) is 102 cm³/mol. The zero-order chi connectivity index (χ0) is 19.3. The molecular weight excluding hydrogens is 352 g/mol. The Hall–Kier alpha value is -2.22. The number of amides is 1. The summed E-state index contributed by atoms with van der Waals surface area (Å²) in [5.41, 5.74) is 3.09. The van der Waals surface area contributed by atoms with Crippen LogP contribution in [0, 0.1) is 13.8 Å². The molecule has 26 heavy (non-hydrogen) atoms. The van der Waals surface area contributed by atoms with Gasteiger partial charge in [-0.15, -0.1) is 0 Å². The van der Waals surface area contributed by atoms with Crippen LogP contribution in [0.5, 0.6) is 0 Å². The van der Waals surface area contributed by atoms with Crippen molar-refractivity contribution in [1.29, 1.82) is 0 Å². The summed E-state index contributed by atoms with van der Waals surface area (Å²) in [6.07, 6.45) is -0.384. The molecule has 2 aromatic carbocycles. The molecular formula is C19H24N2O4S. The van der Waals surface area contributed by atoms with Crippen LogP contribution in [0.15, 0.2) is 47.4 Å². The van der Waals surface area contributed by atoms with Crippen LogP contribution in [0.4, 0.5) is 5.69 Å². The van der Waals surface area contributed by atoms with Crippen LogP contribution in [0.1, 0.15) is 29.7 Å². The lowest BCUT2D eigenvalue weighted by Gasteiger charge is -2.19. The molecule has 2 rings (SSSR count). The van der Waals surface area contributed by atoms with Gasteiger partial charge in [0.25, 0.3) is 0 Å². The summed E-state index contributed by atoms with van der Waals surface area (Å²) in [6, 6.07) is 12.4. The second-order valence-electron chi connectivity index (χ2n) is 6.09. The lowest BCUT2D eigenvalue weighted by molar-refractivity contribution is -0.114. The van der Waals surface area contributed by atoms with Gasteiger partial charge in [0.15, 0.2) is 0 Å². The minimum atomic E-state index is -3.70. The molecule has 0 aliphatic heterocycles. The van der Waals surface area contributed by atoms with Crippen LogP contribution in [-0.4, -0.2) is 28.0 Å². The Balaban J connectivity index is 2.18. The highest BCUT2D eigenvalue weighted by molar-refractivity contribution is 7.89. The molecule has 6 nitrogen and oxygen atoms in total. The van der Waals surface area contributed by atoms with Gasteiger partial charge in [0.05, 0.1) is 11.0 Å². The quantitative estimate of drug-likeness (QED) is 0.778. The lowest BCUT2D eigenvalue weighted by Crippen LogP contribution is -2.30. The highest BCUT2D eigenvalue weighted by Gasteiger charge is 2.20. The molecule has 140 valence electrons. The SMILES string of the molecule is CO[C@H](CNS(=O)(=O)c1ccc(NC(C)=O)cc1C)c1ccccc1C. The number of aryl methyl sites for hydroxylation is 2. The Bertz CT molecular complexity index is 894. The number of carbonyl (C=O) groups excluding carboxylic acids is 1. The van der Waals surface area contributed by atoms with Gasteiger partial charge < -0.3 is 10.1 Å². The first-order valence-corrected chi connectivity index (χ1v) is 9.69. The van der Waals surface area contributed by atoms with Crippen molar-refractivity contribution >= 4 is 21.6 Å². The Morgan fingerprint density at radius 1 is 1.12 bits per heavy atom. The summed E-state index contributed by atoms with van der Waals surface area (Å²) in [5, 5.41) is 2.64. The summed E-state index contributed by atoms with van der Waals surface area (Å²) < 4.78 is 33.4. The maximum atomic E-state index is 12.7. The lowest BCUT2D eigenvalue weighted by atomic mass is 10.0. The average Bonchev–Trinajstić information content (AvgIpc) is 2.56.